The van der Waals surface area contributed by atoms with E-state index in [0.717, 1.165) is 11.3 Å². The molecular formula is C21H20N4O2. The van der Waals surface area contributed by atoms with Crippen molar-refractivity contribution in [2.24, 2.45) is 0 Å². The van der Waals surface area contributed by atoms with Crippen molar-refractivity contribution >= 4 is 28.0 Å². The van der Waals surface area contributed by atoms with Gasteiger partial charge >= 0.3 is 0 Å². The van der Waals surface area contributed by atoms with E-state index in [4.69, 9.17) is 5.41 Å². The predicted molar refractivity (Wildman–Crippen MR) is 107 cm³/mol. The van der Waals surface area contributed by atoms with Gasteiger partial charge in [-0.25, -0.2) is 4.98 Å². The van der Waals surface area contributed by atoms with Gasteiger partial charge in [0.1, 0.15) is 17.4 Å². The molecule has 0 aliphatic carbocycles. The lowest BCUT2D eigenvalue weighted by Crippen LogP contribution is -2.32. The fourth-order valence-electron chi connectivity index (χ4n) is 3.35. The summed E-state index contributed by atoms with van der Waals surface area (Å²) < 4.78 is 0. The van der Waals surface area contributed by atoms with Crippen molar-refractivity contribution in [2.75, 3.05) is 11.4 Å². The largest absolute Gasteiger partial charge is 0.511 e. The topological polar surface area (TPSA) is 93.1 Å². The van der Waals surface area contributed by atoms with E-state index < -0.39 is 0 Å². The van der Waals surface area contributed by atoms with Crippen LogP contribution in [-0.2, 0) is 0 Å². The van der Waals surface area contributed by atoms with Crippen LogP contribution >= 0.6 is 0 Å². The molecule has 27 heavy (non-hydrogen) atoms. The molecule has 3 N–H and O–H groups in total. The Morgan fingerprint density at radius 1 is 1.15 bits per heavy atom. The summed E-state index contributed by atoms with van der Waals surface area (Å²) >= 11 is 0. The Bertz CT molecular complexity index is 1110. The zero-order chi connectivity index (χ0) is 19.0. The van der Waals surface area contributed by atoms with Gasteiger partial charge in [0.2, 0.25) is 0 Å². The highest BCUT2D eigenvalue weighted by atomic mass is 16.3. The average molecular weight is 360 g/mol. The van der Waals surface area contributed by atoms with Gasteiger partial charge in [0.05, 0.1) is 16.5 Å². The van der Waals surface area contributed by atoms with Crippen LogP contribution < -0.4 is 10.5 Å². The molecule has 0 radical (unpaired) electrons. The highest BCUT2D eigenvalue weighted by molar-refractivity contribution is 6.27. The standard InChI is InChI=1S/C21H20N4O2/c1-13-8-10-14(11-9-13)25-12-4-7-17(26)18(19(25)22)20-23-16-6-3-2-5-15(16)21(27)24-20/h2-3,5-6,8-11,22,26H,4,7,12H2,1H3,(H,23,24,27). The van der Waals surface area contributed by atoms with E-state index in [1.54, 1.807) is 18.2 Å². The fraction of sp³-hybridized carbons (Fsp3) is 0.190. The highest BCUT2D eigenvalue weighted by Crippen LogP contribution is 2.28. The van der Waals surface area contributed by atoms with Crippen molar-refractivity contribution in [1.82, 2.24) is 9.97 Å². The minimum atomic E-state index is -0.283. The van der Waals surface area contributed by atoms with Crippen molar-refractivity contribution < 1.29 is 5.11 Å². The number of allylic oxidation sites excluding steroid dienone is 1. The third-order valence-corrected chi connectivity index (χ3v) is 4.79. The van der Waals surface area contributed by atoms with Crippen LogP contribution in [0.3, 0.4) is 0 Å². The van der Waals surface area contributed by atoms with Crippen molar-refractivity contribution in [1.29, 1.82) is 5.41 Å². The average Bonchev–Trinajstić information content (AvgIpc) is 2.80. The van der Waals surface area contributed by atoms with Crippen LogP contribution in [0.4, 0.5) is 5.69 Å². The summed E-state index contributed by atoms with van der Waals surface area (Å²) in [5.41, 5.74) is 2.54. The normalized spacial score (nSPS) is 15.3. The predicted octanol–water partition coefficient (Wildman–Crippen LogP) is 3.78. The maximum atomic E-state index is 12.4. The Balaban J connectivity index is 1.83. The number of para-hydroxylation sites is 1. The Hall–Kier alpha value is -3.41. The van der Waals surface area contributed by atoms with Gasteiger partial charge in [0, 0.05) is 18.7 Å². The number of fused-ring (bicyclic) bond motifs is 1. The zero-order valence-corrected chi connectivity index (χ0v) is 15.0. The highest BCUT2D eigenvalue weighted by Gasteiger charge is 2.26. The minimum Gasteiger partial charge on any atom is -0.511 e. The Labute approximate surface area is 156 Å². The number of aromatic nitrogens is 2. The molecule has 0 saturated heterocycles. The van der Waals surface area contributed by atoms with E-state index in [2.05, 4.69) is 9.97 Å². The second-order valence-electron chi connectivity index (χ2n) is 6.69. The number of hydrogen-bond donors (Lipinski definition) is 3. The van der Waals surface area contributed by atoms with Crippen LogP contribution in [-0.4, -0.2) is 27.5 Å². The summed E-state index contributed by atoms with van der Waals surface area (Å²) in [6.45, 7) is 2.62. The van der Waals surface area contributed by atoms with E-state index in [9.17, 15) is 9.90 Å². The molecule has 136 valence electrons. The van der Waals surface area contributed by atoms with Crippen molar-refractivity contribution in [3.63, 3.8) is 0 Å². The molecule has 1 aromatic heterocycles. The molecule has 0 atom stereocenters. The maximum absolute atomic E-state index is 12.4. The van der Waals surface area contributed by atoms with E-state index in [-0.39, 0.29) is 28.6 Å². The van der Waals surface area contributed by atoms with Crippen LogP contribution in [0.1, 0.15) is 24.2 Å². The van der Waals surface area contributed by atoms with Gasteiger partial charge in [-0.1, -0.05) is 29.8 Å². The Morgan fingerprint density at radius 2 is 1.89 bits per heavy atom. The first-order valence-electron chi connectivity index (χ1n) is 8.89. The molecule has 6 nitrogen and oxygen atoms in total. The number of nitrogens with one attached hydrogen (secondary N) is 2. The molecule has 0 fully saturated rings. The summed E-state index contributed by atoms with van der Waals surface area (Å²) in [5, 5.41) is 19.8. The van der Waals surface area contributed by atoms with Crippen molar-refractivity contribution in [3.8, 4) is 0 Å². The number of anilines is 1. The molecule has 2 aromatic carbocycles. The van der Waals surface area contributed by atoms with Crippen molar-refractivity contribution in [2.45, 2.75) is 19.8 Å². The summed E-state index contributed by atoms with van der Waals surface area (Å²) in [6, 6.07) is 15.0. The van der Waals surface area contributed by atoms with E-state index in [1.165, 1.54) is 0 Å². The SMILES string of the molecule is Cc1ccc(N2CCCC(O)=C(c3nc4ccccc4c(=O)[nH]3)C2=N)cc1. The molecule has 0 unspecified atom stereocenters. The summed E-state index contributed by atoms with van der Waals surface area (Å²) in [4.78, 5) is 21.5. The van der Waals surface area contributed by atoms with E-state index in [1.807, 2.05) is 42.2 Å². The van der Waals surface area contributed by atoms with Gasteiger partial charge in [-0.3, -0.25) is 10.2 Å². The number of nitrogens with zero attached hydrogens (tertiary/aromatic N) is 2. The van der Waals surface area contributed by atoms with Crippen LogP contribution in [0, 0.1) is 12.3 Å². The molecule has 0 spiro atoms. The molecule has 0 saturated carbocycles. The third kappa shape index (κ3) is 3.10. The van der Waals surface area contributed by atoms with E-state index >= 15 is 0 Å². The Morgan fingerprint density at radius 3 is 2.67 bits per heavy atom. The van der Waals surface area contributed by atoms with Gasteiger partial charge in [0.25, 0.3) is 5.56 Å². The Kier molecular flexibility index (Phi) is 4.24. The third-order valence-electron chi connectivity index (χ3n) is 4.79. The molecule has 0 amide bonds. The lowest BCUT2D eigenvalue weighted by atomic mass is 10.1. The lowest BCUT2D eigenvalue weighted by Gasteiger charge is -2.24. The number of aliphatic hydroxyl groups excluding tert-OH is 1. The van der Waals surface area contributed by atoms with Crippen LogP contribution in [0.2, 0.25) is 0 Å². The second kappa shape index (κ2) is 6.72. The molecule has 4 rings (SSSR count). The molecule has 2 heterocycles. The molecule has 0 bridgehead atoms. The first-order chi connectivity index (χ1) is 13.0. The first-order valence-corrected chi connectivity index (χ1v) is 8.89. The summed E-state index contributed by atoms with van der Waals surface area (Å²) in [6.07, 6.45) is 1.13. The monoisotopic (exact) mass is 360 g/mol. The molecule has 6 heteroatoms. The zero-order valence-electron chi connectivity index (χ0n) is 15.0. The summed E-state index contributed by atoms with van der Waals surface area (Å²) in [5.74, 6) is 0.431. The van der Waals surface area contributed by atoms with Crippen molar-refractivity contribution in [3.05, 3.63) is 76.0 Å². The van der Waals surface area contributed by atoms with Crippen LogP contribution in [0.25, 0.3) is 16.5 Å². The molecule has 3 aromatic rings. The number of aryl methyl sites for hydroxylation is 1. The molecule has 1 aliphatic heterocycles. The first kappa shape index (κ1) is 17.0. The summed E-state index contributed by atoms with van der Waals surface area (Å²) in [7, 11) is 0. The number of rotatable bonds is 2. The quantitative estimate of drug-likeness (QED) is 0.648. The number of benzene rings is 2. The van der Waals surface area contributed by atoms with Crippen LogP contribution in [0.5, 0.6) is 0 Å². The fourth-order valence-corrected chi connectivity index (χ4v) is 3.35. The van der Waals surface area contributed by atoms with Gasteiger partial charge in [-0.05, 0) is 37.6 Å². The number of amidine groups is 1. The van der Waals surface area contributed by atoms with E-state index in [0.29, 0.717) is 30.3 Å². The number of hydrogen-bond acceptors (Lipinski definition) is 4. The lowest BCUT2D eigenvalue weighted by molar-refractivity contribution is 0.390. The molecule has 1 aliphatic rings. The van der Waals surface area contributed by atoms with Gasteiger partial charge in [0.15, 0.2) is 0 Å². The molecular weight excluding hydrogens is 340 g/mol. The number of aromatic amines is 1. The van der Waals surface area contributed by atoms with Crippen LogP contribution in [0.15, 0.2) is 59.1 Å². The minimum absolute atomic E-state index is 0.0769. The van der Waals surface area contributed by atoms with Gasteiger partial charge < -0.3 is 15.0 Å². The number of H-pyrrole nitrogens is 1. The van der Waals surface area contributed by atoms with Gasteiger partial charge in [-0.15, -0.1) is 0 Å². The second-order valence-corrected chi connectivity index (χ2v) is 6.69. The van der Waals surface area contributed by atoms with Gasteiger partial charge in [-0.2, -0.15) is 0 Å². The maximum Gasteiger partial charge on any atom is 0.259 e. The number of aliphatic hydroxyl groups is 1. The smallest absolute Gasteiger partial charge is 0.259 e.